The van der Waals surface area contributed by atoms with Crippen LogP contribution in [0.15, 0.2) is 48.7 Å². The van der Waals surface area contributed by atoms with Crippen molar-refractivity contribution in [3.05, 3.63) is 59.8 Å². The molecule has 0 saturated carbocycles. The topological polar surface area (TPSA) is 83.0 Å². The first-order valence-corrected chi connectivity index (χ1v) is 8.89. The van der Waals surface area contributed by atoms with Crippen molar-refractivity contribution in [2.45, 2.75) is 26.1 Å². The number of hydrogen-bond donors (Lipinski definition) is 3. The highest BCUT2D eigenvalue weighted by molar-refractivity contribution is 5.66. The minimum atomic E-state index is -4.45. The van der Waals surface area contributed by atoms with Crippen LogP contribution >= 0.6 is 0 Å². The first-order chi connectivity index (χ1) is 13.8. The zero-order chi connectivity index (χ0) is 21.0. The summed E-state index contributed by atoms with van der Waals surface area (Å²) in [6.07, 6.45) is -2.83. The minimum absolute atomic E-state index is 0.132. The molecule has 0 aliphatic carbocycles. The van der Waals surface area contributed by atoms with Crippen LogP contribution in [0.1, 0.15) is 18.1 Å². The van der Waals surface area contributed by atoms with Crippen LogP contribution in [-0.4, -0.2) is 32.7 Å². The second-order valence-electron chi connectivity index (χ2n) is 6.56. The zero-order valence-electron chi connectivity index (χ0n) is 15.8. The number of aryl methyl sites for hydroxylation is 1. The second kappa shape index (κ2) is 8.44. The lowest BCUT2D eigenvalue weighted by Gasteiger charge is -2.15. The van der Waals surface area contributed by atoms with Crippen LogP contribution in [0, 0.1) is 6.92 Å². The summed E-state index contributed by atoms with van der Waals surface area (Å²) in [6.45, 7) is 3.03. The molecule has 2 heterocycles. The summed E-state index contributed by atoms with van der Waals surface area (Å²) in [7, 11) is 0. The van der Waals surface area contributed by atoms with Crippen LogP contribution in [0.5, 0.6) is 0 Å². The van der Waals surface area contributed by atoms with E-state index in [9.17, 15) is 18.3 Å². The molecule has 2 aromatic heterocycles. The third-order valence-electron chi connectivity index (χ3n) is 4.12. The number of hydrogen-bond acceptors (Lipinski definition) is 6. The molecular formula is C20H20F3N5O. The molecule has 1 aromatic carbocycles. The maximum Gasteiger partial charge on any atom is 0.416 e. The fourth-order valence-corrected chi connectivity index (χ4v) is 2.64. The monoisotopic (exact) mass is 403 g/mol. The molecule has 0 fully saturated rings. The molecule has 1 atom stereocenters. The van der Waals surface area contributed by atoms with Gasteiger partial charge in [-0.1, -0.05) is 12.1 Å². The molecule has 3 N–H and O–H groups in total. The smallest absolute Gasteiger partial charge is 0.394 e. The van der Waals surface area contributed by atoms with Gasteiger partial charge < -0.3 is 15.7 Å². The standard InChI is InChI=1S/C20H20F3N5O/c1-12-6-7-14(9-15(12)20(21,22)23)26-18-10-17(16-5-3-4-8-24-16)27-19(28-18)25-13(2)11-29/h3-10,13,29H,11H2,1-2H3,(H2,25,26,27,28)/t13-/m0/s1. The molecule has 0 saturated heterocycles. The summed E-state index contributed by atoms with van der Waals surface area (Å²) in [5, 5.41) is 15.1. The van der Waals surface area contributed by atoms with Gasteiger partial charge in [0.15, 0.2) is 0 Å². The van der Waals surface area contributed by atoms with Gasteiger partial charge in [-0.2, -0.15) is 18.2 Å². The molecule has 0 aliphatic rings. The lowest BCUT2D eigenvalue weighted by Crippen LogP contribution is -2.21. The molecular weight excluding hydrogens is 383 g/mol. The van der Waals surface area contributed by atoms with E-state index in [1.165, 1.54) is 13.0 Å². The average molecular weight is 403 g/mol. The summed E-state index contributed by atoms with van der Waals surface area (Å²) in [5.74, 6) is 0.519. The van der Waals surface area contributed by atoms with Gasteiger partial charge in [-0.3, -0.25) is 4.98 Å². The van der Waals surface area contributed by atoms with E-state index in [2.05, 4.69) is 25.6 Å². The number of aromatic nitrogens is 3. The zero-order valence-corrected chi connectivity index (χ0v) is 15.8. The van der Waals surface area contributed by atoms with Crippen molar-refractivity contribution < 1.29 is 18.3 Å². The molecule has 0 spiro atoms. The van der Waals surface area contributed by atoms with E-state index in [0.717, 1.165) is 6.07 Å². The Morgan fingerprint density at radius 1 is 1.07 bits per heavy atom. The number of halogens is 3. The Morgan fingerprint density at radius 2 is 1.86 bits per heavy atom. The summed E-state index contributed by atoms with van der Waals surface area (Å²) in [6, 6.07) is 10.6. The van der Waals surface area contributed by atoms with Crippen LogP contribution < -0.4 is 10.6 Å². The van der Waals surface area contributed by atoms with Crippen molar-refractivity contribution in [2.75, 3.05) is 17.2 Å². The van der Waals surface area contributed by atoms with Crippen molar-refractivity contribution in [3.63, 3.8) is 0 Å². The highest BCUT2D eigenvalue weighted by Crippen LogP contribution is 2.34. The molecule has 0 radical (unpaired) electrons. The van der Waals surface area contributed by atoms with Crippen LogP contribution in [0.3, 0.4) is 0 Å². The molecule has 3 aromatic rings. The predicted molar refractivity (Wildman–Crippen MR) is 105 cm³/mol. The molecule has 29 heavy (non-hydrogen) atoms. The summed E-state index contributed by atoms with van der Waals surface area (Å²) >= 11 is 0. The molecule has 3 rings (SSSR count). The lowest BCUT2D eigenvalue weighted by atomic mass is 10.1. The fourth-order valence-electron chi connectivity index (χ4n) is 2.64. The van der Waals surface area contributed by atoms with E-state index in [4.69, 9.17) is 0 Å². The van der Waals surface area contributed by atoms with E-state index in [-0.39, 0.29) is 29.8 Å². The Labute approximate surface area is 165 Å². The quantitative estimate of drug-likeness (QED) is 0.566. The van der Waals surface area contributed by atoms with Gasteiger partial charge in [-0.05, 0) is 43.7 Å². The number of alkyl halides is 3. The highest BCUT2D eigenvalue weighted by atomic mass is 19.4. The van der Waals surface area contributed by atoms with Gasteiger partial charge in [0.05, 0.1) is 23.6 Å². The maximum absolute atomic E-state index is 13.2. The third-order valence-corrected chi connectivity index (χ3v) is 4.12. The van der Waals surface area contributed by atoms with Crippen molar-refractivity contribution in [2.24, 2.45) is 0 Å². The van der Waals surface area contributed by atoms with Crippen molar-refractivity contribution in [3.8, 4) is 11.4 Å². The Morgan fingerprint density at radius 3 is 2.52 bits per heavy atom. The fraction of sp³-hybridized carbons (Fsp3) is 0.250. The first-order valence-electron chi connectivity index (χ1n) is 8.89. The van der Waals surface area contributed by atoms with Gasteiger partial charge in [-0.25, -0.2) is 4.98 Å². The molecule has 9 heteroatoms. The number of rotatable bonds is 6. The van der Waals surface area contributed by atoms with E-state index in [1.54, 1.807) is 43.5 Å². The summed E-state index contributed by atoms with van der Waals surface area (Å²) < 4.78 is 39.6. The normalized spacial score (nSPS) is 12.5. The predicted octanol–water partition coefficient (Wildman–Crippen LogP) is 4.40. The number of nitrogens with one attached hydrogen (secondary N) is 2. The third kappa shape index (κ3) is 5.20. The number of aliphatic hydroxyl groups excluding tert-OH is 1. The van der Waals surface area contributed by atoms with Gasteiger partial charge in [0.2, 0.25) is 5.95 Å². The molecule has 152 valence electrons. The molecule has 0 amide bonds. The summed E-state index contributed by atoms with van der Waals surface area (Å²) in [4.78, 5) is 12.9. The highest BCUT2D eigenvalue weighted by Gasteiger charge is 2.32. The van der Waals surface area contributed by atoms with Crippen LogP contribution in [-0.2, 0) is 6.18 Å². The van der Waals surface area contributed by atoms with Gasteiger partial charge in [0, 0.05) is 24.0 Å². The van der Waals surface area contributed by atoms with E-state index in [0.29, 0.717) is 17.2 Å². The Balaban J connectivity index is 1.99. The van der Waals surface area contributed by atoms with Crippen LogP contribution in [0.4, 0.5) is 30.6 Å². The number of anilines is 3. The van der Waals surface area contributed by atoms with E-state index < -0.39 is 11.7 Å². The average Bonchev–Trinajstić information content (AvgIpc) is 2.69. The van der Waals surface area contributed by atoms with Gasteiger partial charge in [0.25, 0.3) is 0 Å². The Hall–Kier alpha value is -3.20. The first kappa shape index (κ1) is 20.5. The molecule has 6 nitrogen and oxygen atoms in total. The van der Waals surface area contributed by atoms with Gasteiger partial charge in [0.1, 0.15) is 5.82 Å². The number of pyridine rings is 1. The second-order valence-corrected chi connectivity index (χ2v) is 6.56. The SMILES string of the molecule is Cc1ccc(Nc2cc(-c3ccccn3)nc(N[C@@H](C)CO)n2)cc1C(F)(F)F. The van der Waals surface area contributed by atoms with Gasteiger partial charge >= 0.3 is 6.18 Å². The molecule has 0 aliphatic heterocycles. The van der Waals surface area contributed by atoms with Gasteiger partial charge in [-0.15, -0.1) is 0 Å². The Bertz CT molecular complexity index is 980. The number of aliphatic hydroxyl groups is 1. The van der Waals surface area contributed by atoms with Crippen molar-refractivity contribution in [1.29, 1.82) is 0 Å². The molecule has 0 bridgehead atoms. The van der Waals surface area contributed by atoms with E-state index in [1.807, 2.05) is 0 Å². The number of nitrogens with zero attached hydrogens (tertiary/aromatic N) is 3. The largest absolute Gasteiger partial charge is 0.416 e. The van der Waals surface area contributed by atoms with Crippen LogP contribution in [0.25, 0.3) is 11.4 Å². The lowest BCUT2D eigenvalue weighted by molar-refractivity contribution is -0.138. The number of benzene rings is 1. The van der Waals surface area contributed by atoms with Crippen molar-refractivity contribution in [1.82, 2.24) is 15.0 Å². The van der Waals surface area contributed by atoms with E-state index >= 15 is 0 Å². The molecule has 0 unspecified atom stereocenters. The summed E-state index contributed by atoms with van der Waals surface area (Å²) in [5.41, 5.74) is 0.735. The minimum Gasteiger partial charge on any atom is -0.394 e. The van der Waals surface area contributed by atoms with Crippen molar-refractivity contribution >= 4 is 17.5 Å². The maximum atomic E-state index is 13.2. The Kier molecular flexibility index (Phi) is 5.97. The van der Waals surface area contributed by atoms with Crippen LogP contribution in [0.2, 0.25) is 0 Å².